The smallest absolute Gasteiger partial charge is 0.332 e. The average molecular weight is 144 g/mol. The fraction of sp³-hybridized carbons (Fsp3) is 0.857. The van der Waals surface area contributed by atoms with Crippen molar-refractivity contribution in [3.05, 3.63) is 0 Å². The first-order chi connectivity index (χ1) is 4.70. The fourth-order valence-corrected chi connectivity index (χ4v) is 1.13. The maximum absolute atomic E-state index is 10.4. The van der Waals surface area contributed by atoms with Crippen LogP contribution in [0.2, 0.25) is 0 Å². The average Bonchev–Trinajstić information content (AvgIpc) is 1.88. The molecule has 1 aliphatic heterocycles. The number of hydrogen-bond donors (Lipinski definition) is 1. The highest BCUT2D eigenvalue weighted by atomic mass is 16.5. The Morgan fingerprint density at radius 2 is 2.40 bits per heavy atom. The van der Waals surface area contributed by atoms with E-state index in [-0.39, 0.29) is 0 Å². The van der Waals surface area contributed by atoms with E-state index in [1.807, 2.05) is 0 Å². The van der Waals surface area contributed by atoms with Crippen molar-refractivity contribution in [2.45, 2.75) is 25.9 Å². The normalized spacial score (nSPS) is 33.7. The summed E-state index contributed by atoms with van der Waals surface area (Å²) in [5, 5.41) is 8.53. The molecule has 3 nitrogen and oxygen atoms in total. The first-order valence-corrected chi connectivity index (χ1v) is 3.54. The van der Waals surface area contributed by atoms with Crippen LogP contribution < -0.4 is 0 Å². The monoisotopic (exact) mass is 144 g/mol. The third-order valence-corrected chi connectivity index (χ3v) is 1.82. The number of carboxylic acids is 1. The van der Waals surface area contributed by atoms with Crippen LogP contribution in [-0.4, -0.2) is 23.8 Å². The second-order valence-electron chi connectivity index (χ2n) is 2.83. The van der Waals surface area contributed by atoms with Crippen molar-refractivity contribution >= 4 is 5.97 Å². The molecule has 0 spiro atoms. The molecule has 58 valence electrons. The number of aliphatic carboxylic acids is 1. The fourth-order valence-electron chi connectivity index (χ4n) is 1.13. The molecular formula is C7H12O3. The quantitative estimate of drug-likeness (QED) is 0.594. The van der Waals surface area contributed by atoms with Gasteiger partial charge in [-0.3, -0.25) is 0 Å². The van der Waals surface area contributed by atoms with E-state index in [2.05, 4.69) is 6.92 Å². The van der Waals surface area contributed by atoms with E-state index in [4.69, 9.17) is 9.84 Å². The molecule has 3 heteroatoms. The Balaban J connectivity index is 2.39. The summed E-state index contributed by atoms with van der Waals surface area (Å²) in [6.45, 7) is 2.65. The zero-order valence-electron chi connectivity index (χ0n) is 6.04. The summed E-state index contributed by atoms with van der Waals surface area (Å²) in [7, 11) is 0. The number of ether oxygens (including phenoxy) is 1. The third-order valence-electron chi connectivity index (χ3n) is 1.82. The number of hydrogen-bond acceptors (Lipinski definition) is 2. The first-order valence-electron chi connectivity index (χ1n) is 3.54. The summed E-state index contributed by atoms with van der Waals surface area (Å²) < 4.78 is 5.01. The summed E-state index contributed by atoms with van der Waals surface area (Å²) in [6.07, 6.45) is 1.10. The minimum atomic E-state index is -0.827. The largest absolute Gasteiger partial charge is 0.479 e. The zero-order chi connectivity index (χ0) is 7.56. The van der Waals surface area contributed by atoms with E-state index in [1.54, 1.807) is 0 Å². The molecule has 1 saturated heterocycles. The highest BCUT2D eigenvalue weighted by molar-refractivity contribution is 5.72. The lowest BCUT2D eigenvalue weighted by Crippen LogP contribution is -2.31. The molecule has 0 bridgehead atoms. The van der Waals surface area contributed by atoms with Crippen molar-refractivity contribution in [2.24, 2.45) is 5.92 Å². The summed E-state index contributed by atoms with van der Waals surface area (Å²) in [4.78, 5) is 10.4. The highest BCUT2D eigenvalue weighted by Crippen LogP contribution is 2.18. The molecule has 0 saturated carbocycles. The first kappa shape index (κ1) is 7.54. The molecule has 0 aromatic rings. The number of carbonyl (C=O) groups is 1. The lowest BCUT2D eigenvalue weighted by Gasteiger charge is -2.23. The predicted octanol–water partition coefficient (Wildman–Crippen LogP) is 0.886. The van der Waals surface area contributed by atoms with Crippen molar-refractivity contribution in [2.75, 3.05) is 6.61 Å². The van der Waals surface area contributed by atoms with E-state index in [0.29, 0.717) is 18.9 Å². The maximum atomic E-state index is 10.4. The minimum Gasteiger partial charge on any atom is -0.479 e. The topological polar surface area (TPSA) is 46.5 Å². The predicted molar refractivity (Wildman–Crippen MR) is 35.8 cm³/mol. The highest BCUT2D eigenvalue weighted by Gasteiger charge is 2.24. The molecule has 1 rings (SSSR count). The van der Waals surface area contributed by atoms with Crippen LogP contribution in [0, 0.1) is 5.92 Å². The van der Waals surface area contributed by atoms with Crippen molar-refractivity contribution in [3.8, 4) is 0 Å². The second kappa shape index (κ2) is 3.01. The molecule has 0 unspecified atom stereocenters. The van der Waals surface area contributed by atoms with E-state index in [9.17, 15) is 4.79 Å². The SMILES string of the molecule is C[C@H]1CCO[C@@H](C(=O)O)C1. The standard InChI is InChI=1S/C7H12O3/c1-5-2-3-10-6(4-5)7(8)9/h5-6H,2-4H2,1H3,(H,8,9)/t5-,6+/m0/s1. The number of rotatable bonds is 1. The van der Waals surface area contributed by atoms with Gasteiger partial charge in [0.2, 0.25) is 0 Å². The van der Waals surface area contributed by atoms with Gasteiger partial charge >= 0.3 is 5.97 Å². The van der Waals surface area contributed by atoms with Gasteiger partial charge in [-0.25, -0.2) is 4.79 Å². The van der Waals surface area contributed by atoms with E-state index >= 15 is 0 Å². The lowest BCUT2D eigenvalue weighted by molar-refractivity contribution is -0.154. The molecule has 10 heavy (non-hydrogen) atoms. The Morgan fingerprint density at radius 3 is 2.80 bits per heavy atom. The van der Waals surface area contributed by atoms with Gasteiger partial charge in [0.25, 0.3) is 0 Å². The van der Waals surface area contributed by atoms with Gasteiger partial charge in [0.15, 0.2) is 6.10 Å². The number of carboxylic acid groups (broad SMARTS) is 1. The molecule has 0 aliphatic carbocycles. The van der Waals surface area contributed by atoms with Crippen LogP contribution in [0.1, 0.15) is 19.8 Å². The Bertz CT molecular complexity index is 133. The zero-order valence-corrected chi connectivity index (χ0v) is 6.04. The molecule has 1 fully saturated rings. The van der Waals surface area contributed by atoms with Crippen molar-refractivity contribution in [1.82, 2.24) is 0 Å². The molecule has 0 aromatic carbocycles. The molecular weight excluding hydrogens is 132 g/mol. The van der Waals surface area contributed by atoms with Crippen molar-refractivity contribution < 1.29 is 14.6 Å². The molecule has 0 aromatic heterocycles. The van der Waals surface area contributed by atoms with E-state index in [0.717, 1.165) is 6.42 Å². The molecule has 1 N–H and O–H groups in total. The lowest BCUT2D eigenvalue weighted by atomic mass is 9.98. The Hall–Kier alpha value is -0.570. The van der Waals surface area contributed by atoms with Gasteiger partial charge in [-0.05, 0) is 18.8 Å². The van der Waals surface area contributed by atoms with Crippen LogP contribution in [0.15, 0.2) is 0 Å². The van der Waals surface area contributed by atoms with Crippen LogP contribution in [0.3, 0.4) is 0 Å². The summed E-state index contributed by atoms with van der Waals surface area (Å²) >= 11 is 0. The van der Waals surface area contributed by atoms with E-state index < -0.39 is 12.1 Å². The van der Waals surface area contributed by atoms with Crippen LogP contribution in [-0.2, 0) is 9.53 Å². The van der Waals surface area contributed by atoms with Gasteiger partial charge in [-0.2, -0.15) is 0 Å². The Labute approximate surface area is 60.0 Å². The van der Waals surface area contributed by atoms with Gasteiger partial charge < -0.3 is 9.84 Å². The maximum Gasteiger partial charge on any atom is 0.332 e. The van der Waals surface area contributed by atoms with Gasteiger partial charge in [-0.1, -0.05) is 6.92 Å². The molecule has 2 atom stereocenters. The second-order valence-corrected chi connectivity index (χ2v) is 2.83. The minimum absolute atomic E-state index is 0.495. The molecule has 0 amide bonds. The van der Waals surface area contributed by atoms with Crippen LogP contribution in [0.25, 0.3) is 0 Å². The summed E-state index contributed by atoms with van der Waals surface area (Å²) in [5.41, 5.74) is 0. The molecule has 1 heterocycles. The summed E-state index contributed by atoms with van der Waals surface area (Å²) in [5.74, 6) is -0.332. The Kier molecular flexibility index (Phi) is 2.27. The van der Waals surface area contributed by atoms with Crippen LogP contribution >= 0.6 is 0 Å². The van der Waals surface area contributed by atoms with Crippen molar-refractivity contribution in [1.29, 1.82) is 0 Å². The van der Waals surface area contributed by atoms with Crippen LogP contribution in [0.5, 0.6) is 0 Å². The van der Waals surface area contributed by atoms with Gasteiger partial charge in [0, 0.05) is 6.61 Å². The van der Waals surface area contributed by atoms with Gasteiger partial charge in [0.1, 0.15) is 0 Å². The van der Waals surface area contributed by atoms with E-state index in [1.165, 1.54) is 0 Å². The van der Waals surface area contributed by atoms with Gasteiger partial charge in [-0.15, -0.1) is 0 Å². The molecule has 1 aliphatic rings. The summed E-state index contributed by atoms with van der Waals surface area (Å²) in [6, 6.07) is 0. The van der Waals surface area contributed by atoms with Crippen LogP contribution in [0.4, 0.5) is 0 Å². The van der Waals surface area contributed by atoms with Crippen molar-refractivity contribution in [3.63, 3.8) is 0 Å². The Morgan fingerprint density at radius 1 is 1.70 bits per heavy atom. The third kappa shape index (κ3) is 1.70. The molecule has 0 radical (unpaired) electrons. The van der Waals surface area contributed by atoms with Gasteiger partial charge in [0.05, 0.1) is 0 Å².